The predicted octanol–water partition coefficient (Wildman–Crippen LogP) is 5.36. The highest BCUT2D eigenvalue weighted by Crippen LogP contribution is 2.44. The van der Waals surface area contributed by atoms with Crippen molar-refractivity contribution in [1.29, 1.82) is 0 Å². The number of nitrogens with zero attached hydrogens (tertiary/aromatic N) is 2. The smallest absolute Gasteiger partial charge is 0.337 e. The molecule has 2 fully saturated rings. The maximum absolute atomic E-state index is 11.9. The number of methoxy groups -OCH3 is 1. The number of anilines is 1. The lowest BCUT2D eigenvalue weighted by atomic mass is 10.0. The molecule has 0 amide bonds. The minimum Gasteiger partial charge on any atom is -0.465 e. The van der Waals surface area contributed by atoms with Gasteiger partial charge < -0.3 is 14.4 Å². The van der Waals surface area contributed by atoms with Crippen LogP contribution in [0.1, 0.15) is 28.9 Å². The van der Waals surface area contributed by atoms with Gasteiger partial charge in [-0.05, 0) is 60.0 Å². The van der Waals surface area contributed by atoms with Crippen molar-refractivity contribution < 1.29 is 14.3 Å². The minimum atomic E-state index is -0.528. The molecule has 0 aliphatic carbocycles. The number of rotatable bonds is 4. The van der Waals surface area contributed by atoms with E-state index < -0.39 is 5.85 Å². The summed E-state index contributed by atoms with van der Waals surface area (Å²) >= 11 is 6.21. The molecule has 3 aromatic rings. The summed E-state index contributed by atoms with van der Waals surface area (Å²) in [5.41, 5.74) is 4.74. The highest BCUT2D eigenvalue weighted by Gasteiger charge is 2.51. The van der Waals surface area contributed by atoms with Gasteiger partial charge in [-0.25, -0.2) is 4.79 Å². The van der Waals surface area contributed by atoms with Crippen LogP contribution in [0.5, 0.6) is 0 Å². The lowest BCUT2D eigenvalue weighted by Gasteiger charge is -2.36. The van der Waals surface area contributed by atoms with Gasteiger partial charge in [0.1, 0.15) is 0 Å². The van der Waals surface area contributed by atoms with Crippen LogP contribution in [-0.4, -0.2) is 43.5 Å². The van der Waals surface area contributed by atoms with Gasteiger partial charge in [0, 0.05) is 30.3 Å². The first-order valence-corrected chi connectivity index (χ1v) is 11.1. The summed E-state index contributed by atoms with van der Waals surface area (Å²) in [6, 6.07) is 23.8. The van der Waals surface area contributed by atoms with E-state index >= 15 is 0 Å². The molecule has 32 heavy (non-hydrogen) atoms. The Balaban J connectivity index is 1.43. The highest BCUT2D eigenvalue weighted by molar-refractivity contribution is 6.30. The molecule has 0 radical (unpaired) electrons. The fourth-order valence-corrected chi connectivity index (χ4v) is 4.96. The molecular formula is C26H25ClN2O3. The van der Waals surface area contributed by atoms with Crippen molar-refractivity contribution in [1.82, 2.24) is 4.90 Å². The molecule has 1 unspecified atom stereocenters. The van der Waals surface area contributed by atoms with Crippen molar-refractivity contribution in [3.8, 4) is 11.1 Å². The summed E-state index contributed by atoms with van der Waals surface area (Å²) in [5, 5.41) is 0.724. The molecule has 3 aromatic carbocycles. The van der Waals surface area contributed by atoms with Crippen LogP contribution in [0.2, 0.25) is 5.02 Å². The number of hydrogen-bond acceptors (Lipinski definition) is 5. The normalized spacial score (nSPS) is 22.7. The molecule has 6 heteroatoms. The van der Waals surface area contributed by atoms with Gasteiger partial charge in [0.05, 0.1) is 18.8 Å². The lowest BCUT2D eigenvalue weighted by Crippen LogP contribution is -2.48. The molecule has 0 aromatic heterocycles. The number of hydrogen-bond donors (Lipinski definition) is 0. The average Bonchev–Trinajstić information content (AvgIpc) is 3.32. The van der Waals surface area contributed by atoms with Crippen LogP contribution in [0.15, 0.2) is 72.8 Å². The zero-order chi connectivity index (χ0) is 22.3. The van der Waals surface area contributed by atoms with Gasteiger partial charge in [-0.2, -0.15) is 0 Å². The van der Waals surface area contributed by atoms with Gasteiger partial charge in [0.25, 0.3) is 0 Å². The Morgan fingerprint density at radius 3 is 2.56 bits per heavy atom. The van der Waals surface area contributed by atoms with E-state index in [1.54, 1.807) is 6.07 Å². The third kappa shape index (κ3) is 3.66. The average molecular weight is 449 g/mol. The van der Waals surface area contributed by atoms with E-state index in [9.17, 15) is 4.79 Å². The standard InChI is InChI=1S/C26H25ClN2O3/c1-26-28(17-24(32-26)20-8-4-10-22(27)15-20)12-13-29(26)23-11-5-7-19(16-23)18-6-3-9-21(14-18)25(30)31-2/h3-11,14-16,24H,12-13,17H2,1-2H3/t24-,26?/m0/s1. The quantitative estimate of drug-likeness (QED) is 0.502. The molecule has 5 rings (SSSR count). The second-order valence-corrected chi connectivity index (χ2v) is 8.75. The van der Waals surface area contributed by atoms with Crippen molar-refractivity contribution in [2.75, 3.05) is 31.6 Å². The van der Waals surface area contributed by atoms with Gasteiger partial charge in [0.2, 0.25) is 0 Å². The summed E-state index contributed by atoms with van der Waals surface area (Å²) < 4.78 is 11.5. The van der Waals surface area contributed by atoms with Crippen LogP contribution in [0, 0.1) is 0 Å². The number of benzene rings is 3. The molecule has 5 nitrogen and oxygen atoms in total. The molecule has 0 spiro atoms. The molecule has 2 aliphatic heterocycles. The lowest BCUT2D eigenvalue weighted by molar-refractivity contribution is -0.0691. The van der Waals surface area contributed by atoms with E-state index in [1.165, 1.54) is 7.11 Å². The Morgan fingerprint density at radius 1 is 1.03 bits per heavy atom. The van der Waals surface area contributed by atoms with E-state index in [-0.39, 0.29) is 12.1 Å². The fourth-order valence-electron chi connectivity index (χ4n) is 4.76. The number of ether oxygens (including phenoxy) is 2. The van der Waals surface area contributed by atoms with Crippen LogP contribution in [0.4, 0.5) is 5.69 Å². The molecule has 2 atom stereocenters. The van der Waals surface area contributed by atoms with E-state index in [4.69, 9.17) is 21.1 Å². The van der Waals surface area contributed by atoms with Crippen molar-refractivity contribution >= 4 is 23.3 Å². The molecular weight excluding hydrogens is 424 g/mol. The van der Waals surface area contributed by atoms with Crippen LogP contribution < -0.4 is 4.90 Å². The Labute approximate surface area is 193 Å². The number of fused-ring (bicyclic) bond motifs is 1. The summed E-state index contributed by atoms with van der Waals surface area (Å²) in [7, 11) is 1.40. The Morgan fingerprint density at radius 2 is 1.78 bits per heavy atom. The molecule has 2 saturated heterocycles. The summed E-state index contributed by atoms with van der Waals surface area (Å²) in [4.78, 5) is 16.6. The predicted molar refractivity (Wildman–Crippen MR) is 126 cm³/mol. The third-order valence-corrected chi connectivity index (χ3v) is 6.66. The summed E-state index contributed by atoms with van der Waals surface area (Å²) in [6.45, 7) is 4.77. The molecule has 164 valence electrons. The number of carbonyl (C=O) groups excluding carboxylic acids is 1. The first kappa shape index (κ1) is 21.0. The highest BCUT2D eigenvalue weighted by atomic mass is 35.5. The van der Waals surface area contributed by atoms with E-state index in [0.29, 0.717) is 5.56 Å². The Hall–Kier alpha value is -2.86. The van der Waals surface area contributed by atoms with E-state index in [1.807, 2.05) is 42.5 Å². The maximum Gasteiger partial charge on any atom is 0.337 e. The van der Waals surface area contributed by atoms with Gasteiger partial charge in [0.15, 0.2) is 5.85 Å². The molecule has 0 saturated carbocycles. The number of carbonyl (C=O) groups is 1. The van der Waals surface area contributed by atoms with Crippen LogP contribution in [-0.2, 0) is 9.47 Å². The summed E-state index contributed by atoms with van der Waals surface area (Å²) in [6.07, 6.45) is -0.0265. The van der Waals surface area contributed by atoms with Crippen LogP contribution >= 0.6 is 11.6 Å². The topological polar surface area (TPSA) is 42.0 Å². The zero-order valence-electron chi connectivity index (χ0n) is 18.1. The van der Waals surface area contributed by atoms with Crippen molar-refractivity contribution in [2.45, 2.75) is 18.9 Å². The Kier molecular flexibility index (Phi) is 5.41. The van der Waals surface area contributed by atoms with Gasteiger partial charge in [-0.1, -0.05) is 48.0 Å². The monoisotopic (exact) mass is 448 g/mol. The molecule has 2 aliphatic rings. The first-order valence-electron chi connectivity index (χ1n) is 10.7. The maximum atomic E-state index is 11.9. The summed E-state index contributed by atoms with van der Waals surface area (Å²) in [5.74, 6) is -0.864. The second-order valence-electron chi connectivity index (χ2n) is 8.32. The van der Waals surface area contributed by atoms with Crippen LogP contribution in [0.3, 0.4) is 0 Å². The molecule has 0 bridgehead atoms. The van der Waals surface area contributed by atoms with Crippen molar-refractivity contribution in [2.24, 2.45) is 0 Å². The molecule has 2 heterocycles. The molecule has 0 N–H and O–H groups in total. The zero-order valence-corrected chi connectivity index (χ0v) is 18.9. The minimum absolute atomic E-state index is 0.0265. The van der Waals surface area contributed by atoms with Gasteiger partial charge in [-0.3, -0.25) is 4.90 Å². The van der Waals surface area contributed by atoms with E-state index in [2.05, 4.69) is 41.0 Å². The first-order chi connectivity index (χ1) is 15.5. The van der Waals surface area contributed by atoms with Gasteiger partial charge >= 0.3 is 5.97 Å². The third-order valence-electron chi connectivity index (χ3n) is 6.43. The fraction of sp³-hybridized carbons (Fsp3) is 0.269. The van der Waals surface area contributed by atoms with Crippen LogP contribution in [0.25, 0.3) is 11.1 Å². The largest absolute Gasteiger partial charge is 0.465 e. The Bertz CT molecular complexity index is 1170. The SMILES string of the molecule is COC(=O)c1cccc(-c2cccc(N3CCN4C[C@@H](c5cccc(Cl)c5)OC43C)c2)c1. The van der Waals surface area contributed by atoms with Crippen molar-refractivity contribution in [3.05, 3.63) is 88.9 Å². The van der Waals surface area contributed by atoms with E-state index in [0.717, 1.165) is 47.0 Å². The van der Waals surface area contributed by atoms with Crippen molar-refractivity contribution in [3.63, 3.8) is 0 Å². The number of esters is 1. The van der Waals surface area contributed by atoms with Gasteiger partial charge in [-0.15, -0.1) is 0 Å². The number of halogens is 1. The second kappa shape index (κ2) is 8.24.